The number of carbonyl (C=O) groups is 2. The molecule has 134 valence electrons. The second-order valence-electron chi connectivity index (χ2n) is 5.75. The number of hydrogen-bond donors (Lipinski definition) is 1. The summed E-state index contributed by atoms with van der Waals surface area (Å²) in [6.45, 7) is 3.39. The minimum Gasteiger partial charge on any atom is -0.469 e. The summed E-state index contributed by atoms with van der Waals surface area (Å²) in [5.41, 5.74) is 1.47. The molecule has 3 heterocycles. The number of aromatic nitrogens is 3. The van der Waals surface area contributed by atoms with Crippen LogP contribution in [0.5, 0.6) is 0 Å². The van der Waals surface area contributed by atoms with Crippen LogP contribution in [-0.2, 0) is 14.3 Å². The number of anilines is 2. The molecule has 0 aliphatic carbocycles. The predicted molar refractivity (Wildman–Crippen MR) is 90.6 cm³/mol. The number of fused-ring (bicyclic) bond motifs is 1. The van der Waals surface area contributed by atoms with Gasteiger partial charge in [0.25, 0.3) is 5.95 Å². The van der Waals surface area contributed by atoms with Crippen LogP contribution in [0.4, 0.5) is 16.4 Å². The van der Waals surface area contributed by atoms with Gasteiger partial charge in [-0.15, -0.1) is 5.10 Å². The summed E-state index contributed by atoms with van der Waals surface area (Å²) in [5.74, 6) is -0.172. The zero-order valence-corrected chi connectivity index (χ0v) is 14.3. The Balaban J connectivity index is 1.85. The van der Waals surface area contributed by atoms with Gasteiger partial charge in [0.15, 0.2) is 5.65 Å². The molecule has 9 nitrogen and oxygen atoms in total. The zero-order valence-electron chi connectivity index (χ0n) is 14.3. The van der Waals surface area contributed by atoms with Gasteiger partial charge in [-0.25, -0.2) is 9.31 Å². The molecule has 1 amide bonds. The van der Waals surface area contributed by atoms with Gasteiger partial charge in [0.2, 0.25) is 0 Å². The van der Waals surface area contributed by atoms with Crippen LogP contribution in [0.2, 0.25) is 0 Å². The molecule has 0 bridgehead atoms. The Morgan fingerprint density at radius 3 is 3.04 bits per heavy atom. The average Bonchev–Trinajstić information content (AvgIpc) is 3.03. The van der Waals surface area contributed by atoms with E-state index in [2.05, 4.69) is 20.3 Å². The van der Waals surface area contributed by atoms with E-state index in [1.807, 2.05) is 12.1 Å². The van der Waals surface area contributed by atoms with Crippen molar-refractivity contribution in [1.82, 2.24) is 14.6 Å². The number of nitrogens with one attached hydrogen (secondary N) is 1. The number of nitrogens with zero attached hydrogens (tertiary/aromatic N) is 4. The molecule has 0 aromatic carbocycles. The number of methoxy groups -OCH3 is 1. The smallest absolute Gasteiger partial charge is 0.414 e. The van der Waals surface area contributed by atoms with Crippen molar-refractivity contribution in [2.24, 2.45) is 5.92 Å². The van der Waals surface area contributed by atoms with E-state index < -0.39 is 6.09 Å². The van der Waals surface area contributed by atoms with Crippen LogP contribution >= 0.6 is 0 Å². The third-order valence-corrected chi connectivity index (χ3v) is 4.13. The first-order valence-electron chi connectivity index (χ1n) is 8.24. The highest BCUT2D eigenvalue weighted by Crippen LogP contribution is 2.27. The molecule has 0 radical (unpaired) electrons. The van der Waals surface area contributed by atoms with Crippen LogP contribution in [0.25, 0.3) is 5.65 Å². The van der Waals surface area contributed by atoms with Gasteiger partial charge < -0.3 is 14.4 Å². The van der Waals surface area contributed by atoms with Crippen LogP contribution in [0.3, 0.4) is 0 Å². The fourth-order valence-electron chi connectivity index (χ4n) is 3.01. The lowest BCUT2D eigenvalue weighted by molar-refractivity contribution is -0.145. The van der Waals surface area contributed by atoms with E-state index in [9.17, 15) is 9.59 Å². The average molecular weight is 347 g/mol. The van der Waals surface area contributed by atoms with Crippen molar-refractivity contribution in [3.05, 3.63) is 18.3 Å². The molecule has 2 aromatic heterocycles. The lowest BCUT2D eigenvalue weighted by Gasteiger charge is -2.32. The molecule has 25 heavy (non-hydrogen) atoms. The van der Waals surface area contributed by atoms with Gasteiger partial charge in [0, 0.05) is 19.3 Å². The summed E-state index contributed by atoms with van der Waals surface area (Å²) in [6.07, 6.45) is 2.87. The quantitative estimate of drug-likeness (QED) is 0.840. The number of amides is 1. The summed E-state index contributed by atoms with van der Waals surface area (Å²) < 4.78 is 11.3. The Morgan fingerprint density at radius 1 is 1.44 bits per heavy atom. The molecule has 1 aliphatic heterocycles. The molecular weight excluding hydrogens is 326 g/mol. The molecule has 1 atom stereocenters. The lowest BCUT2D eigenvalue weighted by atomic mass is 9.98. The SMILES string of the molecule is CCOC(=O)Nc1nc2c(N3CCCC(C(=O)OC)C3)cccn2n1. The molecule has 3 rings (SSSR count). The van der Waals surface area contributed by atoms with Crippen LogP contribution in [-0.4, -0.2) is 53.5 Å². The monoisotopic (exact) mass is 347 g/mol. The number of ether oxygens (including phenoxy) is 2. The van der Waals surface area contributed by atoms with Gasteiger partial charge in [-0.1, -0.05) is 0 Å². The van der Waals surface area contributed by atoms with Crippen LogP contribution in [0, 0.1) is 5.92 Å². The summed E-state index contributed by atoms with van der Waals surface area (Å²) >= 11 is 0. The molecule has 0 saturated carbocycles. The summed E-state index contributed by atoms with van der Waals surface area (Å²) in [5, 5.41) is 6.74. The van der Waals surface area contributed by atoms with Gasteiger partial charge in [-0.2, -0.15) is 4.98 Å². The third kappa shape index (κ3) is 3.65. The van der Waals surface area contributed by atoms with Gasteiger partial charge in [0.05, 0.1) is 25.3 Å². The van der Waals surface area contributed by atoms with Crippen molar-refractivity contribution >= 4 is 29.3 Å². The lowest BCUT2D eigenvalue weighted by Crippen LogP contribution is -2.39. The molecule has 1 saturated heterocycles. The standard InChI is InChI=1S/C16H21N5O4/c1-3-25-16(23)18-15-17-13-12(7-5-9-21(13)19-15)20-8-4-6-11(10-20)14(22)24-2/h5,7,9,11H,3-4,6,8,10H2,1-2H3,(H,18,19,23). The second-order valence-corrected chi connectivity index (χ2v) is 5.75. The van der Waals surface area contributed by atoms with E-state index in [1.165, 1.54) is 7.11 Å². The second kappa shape index (κ2) is 7.37. The molecular formula is C16H21N5O4. The van der Waals surface area contributed by atoms with Crippen LogP contribution < -0.4 is 10.2 Å². The molecule has 2 aromatic rings. The van der Waals surface area contributed by atoms with E-state index in [-0.39, 0.29) is 24.4 Å². The van der Waals surface area contributed by atoms with Gasteiger partial charge >= 0.3 is 12.1 Å². The number of piperidine rings is 1. The number of pyridine rings is 1. The minimum absolute atomic E-state index is 0.154. The summed E-state index contributed by atoms with van der Waals surface area (Å²) in [4.78, 5) is 29.9. The Kier molecular flexibility index (Phi) is 5.01. The maximum atomic E-state index is 11.9. The first-order valence-corrected chi connectivity index (χ1v) is 8.24. The fraction of sp³-hybridized carbons (Fsp3) is 0.500. The molecule has 0 spiro atoms. The largest absolute Gasteiger partial charge is 0.469 e. The summed E-state index contributed by atoms with van der Waals surface area (Å²) in [6, 6.07) is 3.78. The topological polar surface area (TPSA) is 98.1 Å². The van der Waals surface area contributed by atoms with Gasteiger partial charge in [-0.05, 0) is 31.9 Å². The fourth-order valence-corrected chi connectivity index (χ4v) is 3.01. The van der Waals surface area contributed by atoms with Crippen LogP contribution in [0.1, 0.15) is 19.8 Å². The van der Waals surface area contributed by atoms with E-state index in [4.69, 9.17) is 9.47 Å². The van der Waals surface area contributed by atoms with E-state index >= 15 is 0 Å². The maximum absolute atomic E-state index is 11.9. The Morgan fingerprint density at radius 2 is 2.28 bits per heavy atom. The zero-order chi connectivity index (χ0) is 17.8. The molecule has 1 aliphatic rings. The van der Waals surface area contributed by atoms with E-state index in [1.54, 1.807) is 17.6 Å². The van der Waals surface area contributed by atoms with Crippen molar-refractivity contribution in [3.63, 3.8) is 0 Å². The van der Waals surface area contributed by atoms with Gasteiger partial charge in [0.1, 0.15) is 0 Å². The van der Waals surface area contributed by atoms with E-state index in [0.29, 0.717) is 12.2 Å². The minimum atomic E-state index is -0.594. The normalized spacial score (nSPS) is 17.4. The van der Waals surface area contributed by atoms with Crippen molar-refractivity contribution in [1.29, 1.82) is 0 Å². The van der Waals surface area contributed by atoms with E-state index in [0.717, 1.165) is 25.1 Å². The highest BCUT2D eigenvalue weighted by atomic mass is 16.5. The van der Waals surface area contributed by atoms with Gasteiger partial charge in [-0.3, -0.25) is 10.1 Å². The Labute approximate surface area is 144 Å². The number of hydrogen-bond acceptors (Lipinski definition) is 7. The van der Waals surface area contributed by atoms with Crippen molar-refractivity contribution in [2.45, 2.75) is 19.8 Å². The highest BCUT2D eigenvalue weighted by Gasteiger charge is 2.28. The third-order valence-electron chi connectivity index (χ3n) is 4.13. The van der Waals surface area contributed by atoms with Crippen molar-refractivity contribution < 1.29 is 19.1 Å². The highest BCUT2D eigenvalue weighted by molar-refractivity contribution is 5.83. The summed E-state index contributed by atoms with van der Waals surface area (Å²) in [7, 11) is 1.41. The molecule has 1 N–H and O–H groups in total. The molecule has 1 fully saturated rings. The maximum Gasteiger partial charge on any atom is 0.414 e. The Hall–Kier alpha value is -2.84. The Bertz CT molecular complexity index is 775. The number of esters is 1. The molecule has 1 unspecified atom stereocenters. The first-order chi connectivity index (χ1) is 12.1. The number of carbonyl (C=O) groups excluding carboxylic acids is 2. The van der Waals surface area contributed by atoms with Crippen molar-refractivity contribution in [2.75, 3.05) is 37.0 Å². The molecule has 9 heteroatoms. The van der Waals surface area contributed by atoms with Crippen molar-refractivity contribution in [3.8, 4) is 0 Å². The number of rotatable bonds is 4. The first kappa shape index (κ1) is 17.0. The van der Waals surface area contributed by atoms with Crippen LogP contribution in [0.15, 0.2) is 18.3 Å². The predicted octanol–water partition coefficient (Wildman–Crippen LogP) is 1.69.